The summed E-state index contributed by atoms with van der Waals surface area (Å²) < 4.78 is 37.4. The number of fused-ring (bicyclic) bond motifs is 1. The summed E-state index contributed by atoms with van der Waals surface area (Å²) in [5.74, 6) is 0. The Morgan fingerprint density at radius 2 is 1.84 bits per heavy atom. The first-order valence-electron chi connectivity index (χ1n) is 5.83. The molecular formula is C14H11F3N2. The van der Waals surface area contributed by atoms with E-state index in [-0.39, 0.29) is 0 Å². The van der Waals surface area contributed by atoms with Crippen LogP contribution in [0.2, 0.25) is 0 Å². The van der Waals surface area contributed by atoms with Crippen LogP contribution in [0.5, 0.6) is 0 Å². The highest BCUT2D eigenvalue weighted by molar-refractivity contribution is 5.66. The molecule has 19 heavy (non-hydrogen) atoms. The van der Waals surface area contributed by atoms with Crippen molar-refractivity contribution < 1.29 is 13.2 Å². The smallest absolute Gasteiger partial charge is 0.358 e. The molecule has 0 saturated carbocycles. The van der Waals surface area contributed by atoms with Crippen molar-refractivity contribution >= 4 is 5.70 Å². The van der Waals surface area contributed by atoms with Crippen LogP contribution in [0.25, 0.3) is 5.70 Å². The zero-order valence-electron chi connectivity index (χ0n) is 9.91. The van der Waals surface area contributed by atoms with Crippen molar-refractivity contribution in [3.63, 3.8) is 0 Å². The second-order valence-electron chi connectivity index (χ2n) is 4.39. The van der Waals surface area contributed by atoms with Gasteiger partial charge in [-0.25, -0.2) is 0 Å². The van der Waals surface area contributed by atoms with E-state index >= 15 is 0 Å². The summed E-state index contributed by atoms with van der Waals surface area (Å²) in [5, 5.41) is 3.09. The summed E-state index contributed by atoms with van der Waals surface area (Å²) in [7, 11) is 0. The number of hydrogen-bond acceptors (Lipinski definition) is 2. The maximum atomic E-state index is 12.5. The summed E-state index contributed by atoms with van der Waals surface area (Å²) in [6.45, 7) is 0.789. The lowest BCUT2D eigenvalue weighted by Crippen LogP contribution is -2.21. The SMILES string of the molecule is FC(F)(F)c1ccc(C2=CN3CC=CC3=CN2)cc1. The fourth-order valence-corrected chi connectivity index (χ4v) is 2.09. The number of rotatable bonds is 1. The first-order valence-corrected chi connectivity index (χ1v) is 5.83. The van der Waals surface area contributed by atoms with E-state index in [0.29, 0.717) is 0 Å². The van der Waals surface area contributed by atoms with Gasteiger partial charge < -0.3 is 10.2 Å². The Balaban J connectivity index is 1.84. The van der Waals surface area contributed by atoms with Crippen molar-refractivity contribution in [2.45, 2.75) is 6.18 Å². The minimum absolute atomic E-state index is 0.633. The van der Waals surface area contributed by atoms with E-state index in [1.165, 1.54) is 12.1 Å². The zero-order valence-corrected chi connectivity index (χ0v) is 9.91. The molecule has 0 aromatic heterocycles. The van der Waals surface area contributed by atoms with Crippen LogP contribution in [-0.2, 0) is 6.18 Å². The van der Waals surface area contributed by atoms with Gasteiger partial charge in [0.2, 0.25) is 0 Å². The van der Waals surface area contributed by atoms with Crippen molar-refractivity contribution in [3.05, 3.63) is 65.6 Å². The molecule has 1 aromatic carbocycles. The van der Waals surface area contributed by atoms with Crippen molar-refractivity contribution in [2.75, 3.05) is 6.54 Å². The fraction of sp³-hybridized carbons (Fsp3) is 0.143. The lowest BCUT2D eigenvalue weighted by Gasteiger charge is -2.23. The predicted octanol–water partition coefficient (Wildman–Crippen LogP) is 3.32. The highest BCUT2D eigenvalue weighted by atomic mass is 19.4. The first kappa shape index (κ1) is 11.9. The summed E-state index contributed by atoms with van der Waals surface area (Å²) in [4.78, 5) is 2.03. The molecule has 0 fully saturated rings. The summed E-state index contributed by atoms with van der Waals surface area (Å²) in [5.41, 5.74) is 1.94. The van der Waals surface area contributed by atoms with Gasteiger partial charge in [-0.3, -0.25) is 0 Å². The second kappa shape index (κ2) is 4.19. The van der Waals surface area contributed by atoms with Crippen molar-refractivity contribution in [2.24, 2.45) is 0 Å². The monoisotopic (exact) mass is 264 g/mol. The molecule has 0 amide bonds. The van der Waals surface area contributed by atoms with E-state index in [0.717, 1.165) is 35.6 Å². The molecular weight excluding hydrogens is 253 g/mol. The lowest BCUT2D eigenvalue weighted by atomic mass is 10.1. The molecule has 2 nitrogen and oxygen atoms in total. The molecule has 0 bridgehead atoms. The van der Waals surface area contributed by atoms with Crippen LogP contribution >= 0.6 is 0 Å². The Morgan fingerprint density at radius 3 is 2.53 bits per heavy atom. The van der Waals surface area contributed by atoms with Gasteiger partial charge in [-0.1, -0.05) is 18.2 Å². The number of nitrogens with one attached hydrogen (secondary N) is 1. The number of alkyl halides is 3. The van der Waals surface area contributed by atoms with Crippen LogP contribution in [0, 0.1) is 0 Å². The number of allylic oxidation sites excluding steroid dienone is 1. The van der Waals surface area contributed by atoms with Crippen LogP contribution in [0.1, 0.15) is 11.1 Å². The highest BCUT2D eigenvalue weighted by Gasteiger charge is 2.30. The highest BCUT2D eigenvalue weighted by Crippen LogP contribution is 2.30. The van der Waals surface area contributed by atoms with E-state index in [2.05, 4.69) is 5.32 Å². The average molecular weight is 264 g/mol. The predicted molar refractivity (Wildman–Crippen MR) is 66.5 cm³/mol. The number of halogens is 3. The fourth-order valence-electron chi connectivity index (χ4n) is 2.09. The largest absolute Gasteiger partial charge is 0.416 e. The van der Waals surface area contributed by atoms with Crippen LogP contribution in [0.4, 0.5) is 13.2 Å². The second-order valence-corrected chi connectivity index (χ2v) is 4.39. The molecule has 0 radical (unpaired) electrons. The molecule has 98 valence electrons. The van der Waals surface area contributed by atoms with Gasteiger partial charge in [0.1, 0.15) is 0 Å². The molecule has 0 aliphatic carbocycles. The molecule has 2 heterocycles. The normalized spacial score (nSPS) is 17.7. The van der Waals surface area contributed by atoms with E-state index in [4.69, 9.17) is 0 Å². The summed E-state index contributed by atoms with van der Waals surface area (Å²) >= 11 is 0. The Morgan fingerprint density at radius 1 is 1.11 bits per heavy atom. The van der Waals surface area contributed by atoms with Gasteiger partial charge >= 0.3 is 6.18 Å². The molecule has 0 atom stereocenters. The van der Waals surface area contributed by atoms with Gasteiger partial charge in [-0.15, -0.1) is 0 Å². The Kier molecular flexibility index (Phi) is 2.62. The Hall–Kier alpha value is -2.17. The van der Waals surface area contributed by atoms with Crippen LogP contribution in [0.3, 0.4) is 0 Å². The zero-order chi connectivity index (χ0) is 13.5. The molecule has 1 aromatic rings. The Bertz CT molecular complexity index is 580. The lowest BCUT2D eigenvalue weighted by molar-refractivity contribution is -0.137. The first-order chi connectivity index (χ1) is 9.04. The minimum atomic E-state index is -4.29. The number of benzene rings is 1. The Labute approximate surface area is 108 Å². The number of hydrogen-bond donors (Lipinski definition) is 1. The minimum Gasteiger partial charge on any atom is -0.358 e. The molecule has 5 heteroatoms. The summed E-state index contributed by atoms with van der Waals surface area (Å²) in [6.07, 6.45) is 3.47. The van der Waals surface area contributed by atoms with E-state index in [9.17, 15) is 13.2 Å². The van der Waals surface area contributed by atoms with Gasteiger partial charge in [0, 0.05) is 18.9 Å². The standard InChI is InChI=1S/C14H11F3N2/c15-14(16,17)11-5-3-10(4-6-11)13-9-19-7-1-2-12(19)8-18-13/h1-6,8-9,18H,7H2. The third-order valence-corrected chi connectivity index (χ3v) is 3.11. The van der Waals surface area contributed by atoms with Crippen LogP contribution < -0.4 is 5.32 Å². The number of nitrogens with zero attached hydrogens (tertiary/aromatic N) is 1. The third kappa shape index (κ3) is 2.23. The van der Waals surface area contributed by atoms with Gasteiger partial charge in [-0.2, -0.15) is 13.2 Å². The van der Waals surface area contributed by atoms with E-state index in [1.54, 1.807) is 0 Å². The summed E-state index contributed by atoms with van der Waals surface area (Å²) in [6, 6.07) is 5.15. The van der Waals surface area contributed by atoms with E-state index < -0.39 is 11.7 Å². The molecule has 0 unspecified atom stereocenters. The van der Waals surface area contributed by atoms with Crippen molar-refractivity contribution in [1.29, 1.82) is 0 Å². The molecule has 2 aliphatic heterocycles. The van der Waals surface area contributed by atoms with Crippen LogP contribution in [0.15, 0.2) is 54.5 Å². The van der Waals surface area contributed by atoms with Gasteiger partial charge in [0.05, 0.1) is 17.0 Å². The topological polar surface area (TPSA) is 15.3 Å². The quantitative estimate of drug-likeness (QED) is 0.837. The molecule has 1 N–H and O–H groups in total. The van der Waals surface area contributed by atoms with Crippen molar-refractivity contribution in [1.82, 2.24) is 10.2 Å². The molecule has 3 rings (SSSR count). The third-order valence-electron chi connectivity index (χ3n) is 3.11. The molecule has 0 saturated heterocycles. The molecule has 2 aliphatic rings. The average Bonchev–Trinajstić information content (AvgIpc) is 2.85. The molecule has 0 spiro atoms. The van der Waals surface area contributed by atoms with Gasteiger partial charge in [0.15, 0.2) is 0 Å². The van der Waals surface area contributed by atoms with Gasteiger partial charge in [-0.05, 0) is 23.8 Å². The van der Waals surface area contributed by atoms with Gasteiger partial charge in [0.25, 0.3) is 0 Å². The van der Waals surface area contributed by atoms with E-state index in [1.807, 2.05) is 29.5 Å². The maximum Gasteiger partial charge on any atom is 0.416 e. The van der Waals surface area contributed by atoms with Crippen molar-refractivity contribution in [3.8, 4) is 0 Å². The maximum absolute atomic E-state index is 12.5. The van der Waals surface area contributed by atoms with Crippen LogP contribution in [-0.4, -0.2) is 11.4 Å².